The molecule has 6 heteroatoms. The minimum atomic E-state index is 0. The van der Waals surface area contributed by atoms with Gasteiger partial charge in [0, 0.05) is 36.7 Å². The minimum absolute atomic E-state index is 0. The van der Waals surface area contributed by atoms with Gasteiger partial charge in [-0.3, -0.25) is 4.99 Å². The molecule has 2 aromatic carbocycles. The van der Waals surface area contributed by atoms with Crippen LogP contribution in [0.1, 0.15) is 23.6 Å². The topological polar surface area (TPSA) is 72.4 Å². The number of aromatic hydroxyl groups is 1. The lowest BCUT2D eigenvalue weighted by Crippen LogP contribution is -2.38. The lowest BCUT2D eigenvalue weighted by Gasteiger charge is -2.11. The highest BCUT2D eigenvalue weighted by Crippen LogP contribution is 2.22. The number of phenolic OH excluding ortho intramolecular Hbond substituents is 1. The number of aromatic nitrogens is 1. The molecule has 0 saturated carbocycles. The number of H-pyrrole nitrogens is 1. The van der Waals surface area contributed by atoms with Gasteiger partial charge in [-0.2, -0.15) is 0 Å². The van der Waals surface area contributed by atoms with Crippen LogP contribution in [0.15, 0.2) is 53.7 Å². The molecule has 1 aromatic heterocycles. The van der Waals surface area contributed by atoms with Crippen molar-refractivity contribution in [2.24, 2.45) is 4.99 Å². The number of phenols is 1. The van der Waals surface area contributed by atoms with Crippen LogP contribution in [0.2, 0.25) is 0 Å². The molecule has 0 amide bonds. The summed E-state index contributed by atoms with van der Waals surface area (Å²) in [6.45, 7) is 6.53. The highest BCUT2D eigenvalue weighted by atomic mass is 127. The van der Waals surface area contributed by atoms with Crippen molar-refractivity contribution in [2.45, 2.75) is 26.7 Å². The van der Waals surface area contributed by atoms with Gasteiger partial charge in [-0.25, -0.2) is 0 Å². The van der Waals surface area contributed by atoms with E-state index >= 15 is 0 Å². The van der Waals surface area contributed by atoms with Crippen molar-refractivity contribution in [1.29, 1.82) is 0 Å². The van der Waals surface area contributed by atoms with E-state index in [4.69, 9.17) is 4.99 Å². The number of nitrogens with one attached hydrogen (secondary N) is 3. The molecule has 0 saturated heterocycles. The van der Waals surface area contributed by atoms with Gasteiger partial charge >= 0.3 is 0 Å². The Kier molecular flexibility index (Phi) is 8.63. The van der Waals surface area contributed by atoms with Gasteiger partial charge in [-0.15, -0.1) is 24.0 Å². The van der Waals surface area contributed by atoms with Gasteiger partial charge in [0.2, 0.25) is 0 Å². The van der Waals surface area contributed by atoms with Gasteiger partial charge in [0.1, 0.15) is 5.75 Å². The van der Waals surface area contributed by atoms with Gasteiger partial charge < -0.3 is 20.7 Å². The van der Waals surface area contributed by atoms with Crippen LogP contribution in [0, 0.1) is 6.92 Å². The fourth-order valence-electron chi connectivity index (χ4n) is 3.32. The van der Waals surface area contributed by atoms with Crippen molar-refractivity contribution in [3.05, 3.63) is 65.4 Å². The van der Waals surface area contributed by atoms with Crippen molar-refractivity contribution in [1.82, 2.24) is 15.6 Å². The number of benzene rings is 2. The fraction of sp³-hybridized carbons (Fsp3) is 0.318. The van der Waals surface area contributed by atoms with E-state index in [9.17, 15) is 5.11 Å². The summed E-state index contributed by atoms with van der Waals surface area (Å²) in [5, 5.41) is 17.5. The number of aliphatic imine (C=N–C) groups is 1. The molecule has 5 nitrogen and oxygen atoms in total. The summed E-state index contributed by atoms with van der Waals surface area (Å²) in [6, 6.07) is 13.7. The van der Waals surface area contributed by atoms with Gasteiger partial charge in [-0.05, 0) is 61.6 Å². The van der Waals surface area contributed by atoms with Crippen LogP contribution in [0.4, 0.5) is 0 Å². The van der Waals surface area contributed by atoms with Crippen LogP contribution in [0.3, 0.4) is 0 Å². The molecule has 150 valence electrons. The standard InChI is InChI=1S/C22H28N4O.HI/c1-3-23-22(24-12-10-17-7-5-8-19(27)14-17)25-13-11-18-15-26-20-9-4-6-16(2)21(18)20;/h4-9,14-15,26-27H,3,10-13H2,1-2H3,(H2,23,24,25);1H. The molecule has 0 aliphatic heterocycles. The molecule has 28 heavy (non-hydrogen) atoms. The Labute approximate surface area is 183 Å². The zero-order chi connectivity index (χ0) is 19.1. The van der Waals surface area contributed by atoms with Crippen molar-refractivity contribution in [2.75, 3.05) is 19.6 Å². The third-order valence-electron chi connectivity index (χ3n) is 4.61. The summed E-state index contributed by atoms with van der Waals surface area (Å²) in [4.78, 5) is 8.05. The maximum atomic E-state index is 9.55. The van der Waals surface area contributed by atoms with E-state index in [1.54, 1.807) is 12.1 Å². The number of nitrogens with zero attached hydrogens (tertiary/aromatic N) is 1. The molecular weight excluding hydrogens is 463 g/mol. The summed E-state index contributed by atoms with van der Waals surface area (Å²) >= 11 is 0. The largest absolute Gasteiger partial charge is 0.508 e. The van der Waals surface area contributed by atoms with E-state index in [0.29, 0.717) is 5.75 Å². The third kappa shape index (κ3) is 5.89. The summed E-state index contributed by atoms with van der Waals surface area (Å²) in [5.41, 5.74) is 4.89. The minimum Gasteiger partial charge on any atom is -0.508 e. The second-order valence-electron chi connectivity index (χ2n) is 6.67. The fourth-order valence-corrected chi connectivity index (χ4v) is 3.32. The van der Waals surface area contributed by atoms with E-state index in [-0.39, 0.29) is 24.0 Å². The lowest BCUT2D eigenvalue weighted by molar-refractivity contribution is 0.474. The van der Waals surface area contributed by atoms with E-state index < -0.39 is 0 Å². The second-order valence-corrected chi connectivity index (χ2v) is 6.67. The smallest absolute Gasteiger partial charge is 0.191 e. The molecule has 0 aliphatic rings. The first-order chi connectivity index (χ1) is 13.2. The average molecular weight is 492 g/mol. The molecule has 0 atom stereocenters. The first-order valence-electron chi connectivity index (χ1n) is 9.53. The summed E-state index contributed by atoms with van der Waals surface area (Å²) in [6.07, 6.45) is 3.82. The Bertz CT molecular complexity index is 920. The Morgan fingerprint density at radius 2 is 1.93 bits per heavy atom. The zero-order valence-electron chi connectivity index (χ0n) is 16.5. The van der Waals surface area contributed by atoms with Gasteiger partial charge in [0.05, 0.1) is 0 Å². The normalized spacial score (nSPS) is 11.3. The molecule has 4 N–H and O–H groups in total. The molecule has 3 aromatic rings. The molecular formula is C22H29IN4O. The highest BCUT2D eigenvalue weighted by molar-refractivity contribution is 14.0. The molecule has 0 bridgehead atoms. The number of fused-ring (bicyclic) bond motifs is 1. The van der Waals surface area contributed by atoms with E-state index in [2.05, 4.69) is 53.9 Å². The van der Waals surface area contributed by atoms with Crippen molar-refractivity contribution in [3.63, 3.8) is 0 Å². The first kappa shape index (κ1) is 22.1. The Morgan fingerprint density at radius 3 is 2.71 bits per heavy atom. The monoisotopic (exact) mass is 492 g/mol. The van der Waals surface area contributed by atoms with E-state index in [1.807, 2.05) is 12.1 Å². The first-order valence-corrected chi connectivity index (χ1v) is 9.53. The number of rotatable bonds is 7. The maximum absolute atomic E-state index is 9.55. The predicted octanol–water partition coefficient (Wildman–Crippen LogP) is 4.14. The van der Waals surface area contributed by atoms with Crippen LogP contribution in [0.25, 0.3) is 10.9 Å². The number of aromatic amines is 1. The van der Waals surface area contributed by atoms with Crippen LogP contribution in [0.5, 0.6) is 5.75 Å². The molecule has 0 radical (unpaired) electrons. The Hall–Kier alpha value is -2.22. The van der Waals surface area contributed by atoms with Crippen molar-refractivity contribution >= 4 is 40.8 Å². The summed E-state index contributed by atoms with van der Waals surface area (Å²) in [7, 11) is 0. The highest BCUT2D eigenvalue weighted by Gasteiger charge is 2.06. The number of hydrogen-bond acceptors (Lipinski definition) is 2. The second kappa shape index (κ2) is 10.9. The number of guanidine groups is 1. The molecule has 0 spiro atoms. The van der Waals surface area contributed by atoms with Crippen LogP contribution < -0.4 is 10.6 Å². The van der Waals surface area contributed by atoms with Crippen LogP contribution in [-0.4, -0.2) is 35.7 Å². The lowest BCUT2D eigenvalue weighted by atomic mass is 10.1. The summed E-state index contributed by atoms with van der Waals surface area (Å²) in [5.74, 6) is 1.14. The van der Waals surface area contributed by atoms with Gasteiger partial charge in [0.15, 0.2) is 5.96 Å². The van der Waals surface area contributed by atoms with Crippen molar-refractivity contribution < 1.29 is 5.11 Å². The Balaban J connectivity index is 0.00000280. The Morgan fingerprint density at radius 1 is 1.11 bits per heavy atom. The molecule has 1 heterocycles. The van der Waals surface area contributed by atoms with E-state index in [0.717, 1.165) is 44.0 Å². The zero-order valence-corrected chi connectivity index (χ0v) is 18.8. The van der Waals surface area contributed by atoms with E-state index in [1.165, 1.54) is 22.0 Å². The quantitative estimate of drug-likeness (QED) is 0.228. The number of hydrogen-bond donors (Lipinski definition) is 4. The molecule has 0 unspecified atom stereocenters. The average Bonchev–Trinajstić information content (AvgIpc) is 3.06. The van der Waals surface area contributed by atoms with Crippen LogP contribution >= 0.6 is 24.0 Å². The number of halogens is 1. The van der Waals surface area contributed by atoms with Crippen molar-refractivity contribution in [3.8, 4) is 5.75 Å². The van der Waals surface area contributed by atoms with Crippen LogP contribution in [-0.2, 0) is 12.8 Å². The predicted molar refractivity (Wildman–Crippen MR) is 128 cm³/mol. The summed E-state index contributed by atoms with van der Waals surface area (Å²) < 4.78 is 0. The van der Waals surface area contributed by atoms with Gasteiger partial charge in [-0.1, -0.05) is 24.3 Å². The molecule has 0 fully saturated rings. The van der Waals surface area contributed by atoms with Gasteiger partial charge in [0.25, 0.3) is 0 Å². The third-order valence-corrected chi connectivity index (χ3v) is 4.61. The molecule has 3 rings (SSSR count). The number of aryl methyl sites for hydroxylation is 1. The maximum Gasteiger partial charge on any atom is 0.191 e. The molecule has 0 aliphatic carbocycles. The SMILES string of the molecule is CCNC(=NCCc1c[nH]c2cccc(C)c12)NCCc1cccc(O)c1.I.